The van der Waals surface area contributed by atoms with Gasteiger partial charge in [0.25, 0.3) is 0 Å². The van der Waals surface area contributed by atoms with Gasteiger partial charge in [-0.15, -0.1) is 0 Å². The Morgan fingerprint density at radius 3 is 2.45 bits per heavy atom. The summed E-state index contributed by atoms with van der Waals surface area (Å²) >= 11 is 0. The maximum atomic E-state index is 6.24. The van der Waals surface area contributed by atoms with Crippen LogP contribution in [0.3, 0.4) is 0 Å². The number of aryl methyl sites for hydroxylation is 1. The highest BCUT2D eigenvalue weighted by molar-refractivity contribution is 6.08. The minimum absolute atomic E-state index is 0.662. The molecule has 0 saturated carbocycles. The lowest BCUT2D eigenvalue weighted by Gasteiger charge is -2.09. The molecule has 0 unspecified atom stereocenters. The zero-order valence-corrected chi connectivity index (χ0v) is 15.8. The molecule has 0 N–H and O–H groups in total. The molecular formula is C25H17N3O. The van der Waals surface area contributed by atoms with Crippen LogP contribution in [-0.2, 0) is 0 Å². The molecule has 6 rings (SSSR count). The van der Waals surface area contributed by atoms with E-state index in [4.69, 9.17) is 9.40 Å². The number of furan rings is 1. The average molecular weight is 375 g/mol. The molecule has 0 fully saturated rings. The van der Waals surface area contributed by atoms with Crippen LogP contribution in [-0.4, -0.2) is 14.5 Å². The van der Waals surface area contributed by atoms with Gasteiger partial charge in [0.1, 0.15) is 11.4 Å². The molecule has 0 spiro atoms. The number of pyridine rings is 1. The van der Waals surface area contributed by atoms with Crippen LogP contribution < -0.4 is 0 Å². The number of para-hydroxylation sites is 4. The zero-order chi connectivity index (χ0) is 19.4. The average Bonchev–Trinajstić information content (AvgIpc) is 3.32. The lowest BCUT2D eigenvalue weighted by Crippen LogP contribution is -1.97. The molecule has 0 saturated heterocycles. The molecule has 4 heteroatoms. The first-order chi connectivity index (χ1) is 14.3. The molecule has 3 aromatic carbocycles. The molecular weight excluding hydrogens is 358 g/mol. The van der Waals surface area contributed by atoms with Crippen LogP contribution in [0.15, 0.2) is 89.3 Å². The predicted octanol–water partition coefficient (Wildman–Crippen LogP) is 6.30. The van der Waals surface area contributed by atoms with E-state index in [9.17, 15) is 0 Å². The smallest absolute Gasteiger partial charge is 0.227 e. The Labute approximate surface area is 167 Å². The van der Waals surface area contributed by atoms with Crippen LogP contribution in [0, 0.1) is 6.92 Å². The molecule has 4 nitrogen and oxygen atoms in total. The summed E-state index contributed by atoms with van der Waals surface area (Å²) in [6.45, 7) is 1.97. The summed E-state index contributed by atoms with van der Waals surface area (Å²) in [7, 11) is 0. The predicted molar refractivity (Wildman–Crippen MR) is 116 cm³/mol. The van der Waals surface area contributed by atoms with Gasteiger partial charge in [-0.05, 0) is 49.4 Å². The van der Waals surface area contributed by atoms with Crippen molar-refractivity contribution in [3.05, 3.63) is 90.6 Å². The third kappa shape index (κ3) is 2.39. The number of imidazole rings is 1. The highest BCUT2D eigenvalue weighted by Crippen LogP contribution is 2.37. The molecule has 0 aliphatic rings. The molecule has 0 bridgehead atoms. The van der Waals surface area contributed by atoms with Crippen LogP contribution in [0.5, 0.6) is 0 Å². The van der Waals surface area contributed by atoms with Crippen molar-refractivity contribution in [1.29, 1.82) is 0 Å². The van der Waals surface area contributed by atoms with Crippen molar-refractivity contribution in [1.82, 2.24) is 14.5 Å². The summed E-state index contributed by atoms with van der Waals surface area (Å²) in [5.41, 5.74) is 6.46. The maximum Gasteiger partial charge on any atom is 0.227 e. The minimum atomic E-state index is 0.662. The Hall–Kier alpha value is -3.92. The lowest BCUT2D eigenvalue weighted by molar-refractivity contribution is 0.653. The molecule has 3 aromatic heterocycles. The Morgan fingerprint density at radius 1 is 0.724 bits per heavy atom. The standard InChI is InChI=1S/C25H17N3O/c1-16-14-15-19-18-10-7-11-20(23(18)29-25(19)26-16)24-27-21-12-5-6-13-22(21)28(24)17-8-3-2-4-9-17/h2-15H,1H3. The van der Waals surface area contributed by atoms with E-state index >= 15 is 0 Å². The van der Waals surface area contributed by atoms with Gasteiger partial charge < -0.3 is 4.42 Å². The molecule has 29 heavy (non-hydrogen) atoms. The molecule has 0 aliphatic carbocycles. The van der Waals surface area contributed by atoms with Gasteiger partial charge in [0.15, 0.2) is 0 Å². The Balaban J connectivity index is 1.73. The number of aromatic nitrogens is 3. The fourth-order valence-corrected chi connectivity index (χ4v) is 3.99. The fourth-order valence-electron chi connectivity index (χ4n) is 3.99. The molecule has 0 atom stereocenters. The Bertz CT molecular complexity index is 1510. The molecule has 3 heterocycles. The van der Waals surface area contributed by atoms with Crippen molar-refractivity contribution in [2.45, 2.75) is 6.92 Å². The second-order valence-electron chi connectivity index (χ2n) is 7.18. The topological polar surface area (TPSA) is 43.9 Å². The summed E-state index contributed by atoms with van der Waals surface area (Å²) in [5, 5.41) is 2.08. The first-order valence-corrected chi connectivity index (χ1v) is 9.62. The second kappa shape index (κ2) is 6.04. The third-order valence-electron chi connectivity index (χ3n) is 5.32. The second-order valence-corrected chi connectivity index (χ2v) is 7.18. The Kier molecular flexibility index (Phi) is 3.35. The molecule has 0 radical (unpaired) electrons. The van der Waals surface area contributed by atoms with E-state index in [-0.39, 0.29) is 0 Å². The first-order valence-electron chi connectivity index (χ1n) is 9.62. The van der Waals surface area contributed by atoms with E-state index in [0.717, 1.165) is 50.2 Å². The summed E-state index contributed by atoms with van der Waals surface area (Å²) in [6.07, 6.45) is 0. The fraction of sp³-hybridized carbons (Fsp3) is 0.0400. The summed E-state index contributed by atoms with van der Waals surface area (Å²) < 4.78 is 8.43. The van der Waals surface area contributed by atoms with E-state index in [0.29, 0.717) is 5.71 Å². The third-order valence-corrected chi connectivity index (χ3v) is 5.32. The van der Waals surface area contributed by atoms with Crippen molar-refractivity contribution < 1.29 is 4.42 Å². The zero-order valence-electron chi connectivity index (χ0n) is 15.8. The number of nitrogens with zero attached hydrogens (tertiary/aromatic N) is 3. The van der Waals surface area contributed by atoms with Gasteiger partial charge in [0.05, 0.1) is 16.6 Å². The monoisotopic (exact) mass is 375 g/mol. The van der Waals surface area contributed by atoms with Gasteiger partial charge in [-0.1, -0.05) is 42.5 Å². The van der Waals surface area contributed by atoms with Gasteiger partial charge in [-0.3, -0.25) is 4.57 Å². The van der Waals surface area contributed by atoms with E-state index in [1.807, 2.05) is 49.4 Å². The number of benzene rings is 3. The Morgan fingerprint density at radius 2 is 1.55 bits per heavy atom. The number of fused-ring (bicyclic) bond motifs is 4. The molecule has 6 aromatic rings. The van der Waals surface area contributed by atoms with E-state index in [1.54, 1.807) is 0 Å². The van der Waals surface area contributed by atoms with E-state index < -0.39 is 0 Å². The van der Waals surface area contributed by atoms with E-state index in [2.05, 4.69) is 52.0 Å². The van der Waals surface area contributed by atoms with Crippen LogP contribution in [0.2, 0.25) is 0 Å². The van der Waals surface area contributed by atoms with Crippen molar-refractivity contribution in [3.8, 4) is 17.1 Å². The lowest BCUT2D eigenvalue weighted by atomic mass is 10.1. The van der Waals surface area contributed by atoms with Crippen LogP contribution in [0.1, 0.15) is 5.69 Å². The summed E-state index contributed by atoms with van der Waals surface area (Å²) in [5.74, 6) is 0.860. The highest BCUT2D eigenvalue weighted by Gasteiger charge is 2.19. The van der Waals surface area contributed by atoms with Crippen molar-refractivity contribution in [3.63, 3.8) is 0 Å². The van der Waals surface area contributed by atoms with Gasteiger partial charge in [-0.25, -0.2) is 9.97 Å². The first kappa shape index (κ1) is 16.1. The molecule has 0 aliphatic heterocycles. The van der Waals surface area contributed by atoms with Gasteiger partial charge in [0, 0.05) is 22.2 Å². The van der Waals surface area contributed by atoms with Crippen molar-refractivity contribution in [2.75, 3.05) is 0 Å². The van der Waals surface area contributed by atoms with Crippen LogP contribution >= 0.6 is 0 Å². The maximum absolute atomic E-state index is 6.24. The SMILES string of the molecule is Cc1ccc2c(n1)oc1c(-c3nc4ccccc4n3-c3ccccc3)cccc12. The van der Waals surface area contributed by atoms with E-state index in [1.165, 1.54) is 0 Å². The van der Waals surface area contributed by atoms with Crippen molar-refractivity contribution >= 4 is 33.1 Å². The van der Waals surface area contributed by atoms with Gasteiger partial charge in [0.2, 0.25) is 5.71 Å². The molecule has 0 amide bonds. The largest absolute Gasteiger partial charge is 0.437 e. The number of hydrogen-bond acceptors (Lipinski definition) is 3. The minimum Gasteiger partial charge on any atom is -0.437 e. The summed E-state index contributed by atoms with van der Waals surface area (Å²) in [4.78, 5) is 9.56. The molecule has 138 valence electrons. The van der Waals surface area contributed by atoms with Crippen LogP contribution in [0.4, 0.5) is 0 Å². The summed E-state index contributed by atoms with van der Waals surface area (Å²) in [6, 6.07) is 28.8. The van der Waals surface area contributed by atoms with Crippen LogP contribution in [0.25, 0.3) is 50.2 Å². The van der Waals surface area contributed by atoms with Gasteiger partial charge >= 0.3 is 0 Å². The quantitative estimate of drug-likeness (QED) is 0.357. The highest BCUT2D eigenvalue weighted by atomic mass is 16.3. The van der Waals surface area contributed by atoms with Crippen molar-refractivity contribution in [2.24, 2.45) is 0 Å². The number of rotatable bonds is 2. The normalized spacial score (nSPS) is 11.6. The number of hydrogen-bond donors (Lipinski definition) is 0. The van der Waals surface area contributed by atoms with Gasteiger partial charge in [-0.2, -0.15) is 0 Å².